The van der Waals surface area contributed by atoms with Gasteiger partial charge in [0.2, 0.25) is 11.7 Å². The number of carbonyl (C=O) groups excluding carboxylic acids is 5. The largest absolute Gasteiger partial charge is 0.465 e. The lowest BCUT2D eigenvalue weighted by Gasteiger charge is -2.28. The predicted octanol–water partition coefficient (Wildman–Crippen LogP) is 3.05. The number of nitrogens with two attached hydrogens (primary N) is 1. The molecule has 0 spiro atoms. The fourth-order valence-electron chi connectivity index (χ4n) is 4.88. The highest BCUT2D eigenvalue weighted by Gasteiger charge is 2.32. The number of Topliss-reactive ketones (excluding diaryl/α,β-unsaturated/α-hetero) is 1. The third-order valence-corrected chi connectivity index (χ3v) is 7.62. The van der Waals surface area contributed by atoms with E-state index in [1.54, 1.807) is 25.1 Å². The lowest BCUT2D eigenvalue weighted by atomic mass is 9.84. The van der Waals surface area contributed by atoms with Crippen LogP contribution >= 0.6 is 15.9 Å². The molecule has 0 radical (unpaired) electrons. The van der Waals surface area contributed by atoms with Gasteiger partial charge in [0.05, 0.1) is 25.4 Å². The molecule has 1 aliphatic rings. The number of carbonyl (C=O) groups is 5. The lowest BCUT2D eigenvalue weighted by Crippen LogP contribution is -2.56. The van der Waals surface area contributed by atoms with Crippen LogP contribution in [0.1, 0.15) is 61.4 Å². The maximum absolute atomic E-state index is 13.7. The van der Waals surface area contributed by atoms with Crippen molar-refractivity contribution in [2.75, 3.05) is 25.5 Å². The van der Waals surface area contributed by atoms with Gasteiger partial charge in [0.15, 0.2) is 0 Å². The van der Waals surface area contributed by atoms with E-state index in [4.69, 9.17) is 15.2 Å². The van der Waals surface area contributed by atoms with Gasteiger partial charge >= 0.3 is 5.97 Å². The van der Waals surface area contributed by atoms with E-state index in [-0.39, 0.29) is 37.0 Å². The average molecular weight is 660 g/mol. The highest BCUT2D eigenvalue weighted by Crippen LogP contribution is 2.28. The smallest absolute Gasteiger partial charge is 0.325 e. The molecule has 2 aromatic rings. The second-order valence-electron chi connectivity index (χ2n) is 10.4. The van der Waals surface area contributed by atoms with Crippen LogP contribution in [-0.2, 0) is 35.3 Å². The van der Waals surface area contributed by atoms with Gasteiger partial charge in [0.1, 0.15) is 18.6 Å². The van der Waals surface area contributed by atoms with Gasteiger partial charge < -0.3 is 31.2 Å². The molecule has 11 nitrogen and oxygen atoms in total. The maximum Gasteiger partial charge on any atom is 0.325 e. The number of rotatable bonds is 15. The molecule has 1 saturated carbocycles. The number of hydrogen-bond acceptors (Lipinski definition) is 8. The molecule has 1 fully saturated rings. The van der Waals surface area contributed by atoms with Crippen LogP contribution in [0.4, 0.5) is 5.69 Å². The first-order valence-electron chi connectivity index (χ1n) is 14.4. The second-order valence-corrected chi connectivity index (χ2v) is 11.3. The number of nitrogen functional groups attached to an aromatic ring is 1. The van der Waals surface area contributed by atoms with Crippen LogP contribution in [0.15, 0.2) is 53.0 Å². The van der Waals surface area contributed by atoms with E-state index in [0.717, 1.165) is 37.7 Å². The summed E-state index contributed by atoms with van der Waals surface area (Å²) >= 11 is 3.34. The van der Waals surface area contributed by atoms with Gasteiger partial charge in [-0.25, -0.2) is 0 Å². The van der Waals surface area contributed by atoms with E-state index in [2.05, 4.69) is 31.9 Å². The molecule has 3 rings (SSSR count). The fourth-order valence-corrected chi connectivity index (χ4v) is 5.24. The fraction of sp³-hybridized carbons (Fsp3) is 0.452. The third kappa shape index (κ3) is 11.1. The van der Waals surface area contributed by atoms with Crippen molar-refractivity contribution in [3.8, 4) is 0 Å². The van der Waals surface area contributed by atoms with Crippen LogP contribution in [0, 0.1) is 5.92 Å². The van der Waals surface area contributed by atoms with Crippen molar-refractivity contribution in [2.24, 2.45) is 5.92 Å². The van der Waals surface area contributed by atoms with Crippen LogP contribution in [0.3, 0.4) is 0 Å². The van der Waals surface area contributed by atoms with Gasteiger partial charge in [-0.05, 0) is 43.0 Å². The molecule has 0 aliphatic heterocycles. The van der Waals surface area contributed by atoms with Crippen LogP contribution < -0.4 is 21.7 Å². The van der Waals surface area contributed by atoms with Gasteiger partial charge in [-0.1, -0.05) is 78.4 Å². The Morgan fingerprint density at radius 3 is 2.40 bits per heavy atom. The summed E-state index contributed by atoms with van der Waals surface area (Å²) in [6.45, 7) is 1.06. The van der Waals surface area contributed by atoms with Crippen molar-refractivity contribution < 1.29 is 33.4 Å². The van der Waals surface area contributed by atoms with Crippen molar-refractivity contribution in [1.29, 1.82) is 0 Å². The minimum Gasteiger partial charge on any atom is -0.465 e. The molecular weight excluding hydrogens is 620 g/mol. The topological polar surface area (TPSA) is 166 Å². The Morgan fingerprint density at radius 2 is 1.70 bits per heavy atom. The number of amides is 3. The summed E-state index contributed by atoms with van der Waals surface area (Å²) in [5.74, 6) is -3.74. The lowest BCUT2D eigenvalue weighted by molar-refractivity contribution is -0.146. The quantitative estimate of drug-likeness (QED) is 0.129. The van der Waals surface area contributed by atoms with Gasteiger partial charge in [0.25, 0.3) is 11.8 Å². The number of anilines is 1. The van der Waals surface area contributed by atoms with Crippen LogP contribution in [0.5, 0.6) is 0 Å². The Balaban J connectivity index is 1.77. The Morgan fingerprint density at radius 1 is 0.977 bits per heavy atom. The molecule has 43 heavy (non-hydrogen) atoms. The van der Waals surface area contributed by atoms with Gasteiger partial charge in [-0.3, -0.25) is 24.0 Å². The van der Waals surface area contributed by atoms with Crippen LogP contribution in [-0.4, -0.2) is 61.3 Å². The van der Waals surface area contributed by atoms with Crippen molar-refractivity contribution in [3.63, 3.8) is 0 Å². The molecule has 12 heteroatoms. The molecule has 0 heterocycles. The Hall–Kier alpha value is -3.77. The highest BCUT2D eigenvalue weighted by atomic mass is 79.9. The summed E-state index contributed by atoms with van der Waals surface area (Å²) in [6.07, 6.45) is 5.35. The van der Waals surface area contributed by atoms with E-state index in [1.807, 2.05) is 30.3 Å². The molecule has 2 unspecified atom stereocenters. The summed E-state index contributed by atoms with van der Waals surface area (Å²) in [4.78, 5) is 64.4. The first-order valence-corrected chi connectivity index (χ1v) is 15.2. The van der Waals surface area contributed by atoms with Crippen molar-refractivity contribution in [3.05, 3.63) is 64.1 Å². The van der Waals surface area contributed by atoms with E-state index >= 15 is 0 Å². The third-order valence-electron chi connectivity index (χ3n) is 7.13. The summed E-state index contributed by atoms with van der Waals surface area (Å²) in [5, 5.41) is 7.65. The van der Waals surface area contributed by atoms with E-state index in [1.165, 1.54) is 0 Å². The summed E-state index contributed by atoms with van der Waals surface area (Å²) in [7, 11) is 0. The summed E-state index contributed by atoms with van der Waals surface area (Å²) in [5.41, 5.74) is 7.32. The minimum absolute atomic E-state index is 0.119. The monoisotopic (exact) mass is 658 g/mol. The number of ketones is 1. The van der Waals surface area contributed by atoms with Crippen molar-refractivity contribution in [2.45, 2.75) is 64.1 Å². The van der Waals surface area contributed by atoms with Gasteiger partial charge in [0, 0.05) is 10.2 Å². The molecule has 0 aromatic heterocycles. The number of esters is 1. The second kappa shape index (κ2) is 17.4. The zero-order valence-electron chi connectivity index (χ0n) is 24.2. The number of ether oxygens (including phenoxy) is 2. The molecular formula is C31H39BrN4O7. The van der Waals surface area contributed by atoms with Gasteiger partial charge in [-0.2, -0.15) is 0 Å². The van der Waals surface area contributed by atoms with Crippen LogP contribution in [0.2, 0.25) is 0 Å². The number of halogens is 1. The van der Waals surface area contributed by atoms with E-state index in [9.17, 15) is 24.0 Å². The number of benzene rings is 2. The first-order chi connectivity index (χ1) is 20.7. The molecule has 0 bridgehead atoms. The average Bonchev–Trinajstić information content (AvgIpc) is 3.01. The zero-order valence-corrected chi connectivity index (χ0v) is 25.8. The SMILES string of the molecule is CCOC(=O)CNC(=O)C(=O)C(COCc1ccccc1)NC(=O)C(CC1CCCCC1)NC(=O)c1cc(Br)ccc1N. The molecule has 232 valence electrons. The molecule has 0 saturated heterocycles. The predicted molar refractivity (Wildman–Crippen MR) is 164 cm³/mol. The van der Waals surface area contributed by atoms with Crippen molar-refractivity contribution >= 4 is 51.1 Å². The molecule has 3 amide bonds. The maximum atomic E-state index is 13.7. The Bertz CT molecular complexity index is 1270. The van der Waals surface area contributed by atoms with Crippen LogP contribution in [0.25, 0.3) is 0 Å². The zero-order chi connectivity index (χ0) is 31.2. The normalized spacial score (nSPS) is 14.7. The Kier molecular flexibility index (Phi) is 13.6. The van der Waals surface area contributed by atoms with E-state index < -0.39 is 48.1 Å². The minimum atomic E-state index is -1.37. The number of nitrogens with one attached hydrogen (secondary N) is 3. The molecule has 1 aliphatic carbocycles. The molecule has 2 atom stereocenters. The van der Waals surface area contributed by atoms with E-state index in [0.29, 0.717) is 10.9 Å². The standard InChI is InChI=1S/C31H39BrN4O7/c1-2-43-27(37)17-34-31(41)28(38)26(19-42-18-21-11-7-4-8-12-21)36-30(40)25(15-20-9-5-3-6-10-20)35-29(39)23-16-22(32)13-14-24(23)33/h4,7-8,11-14,16,20,25-26H,2-3,5-6,9-10,15,17-19,33H2,1H3,(H,34,41)(H,35,39)(H,36,40). The summed E-state index contributed by atoms with van der Waals surface area (Å²) < 4.78 is 11.2. The Labute approximate surface area is 259 Å². The summed E-state index contributed by atoms with van der Waals surface area (Å²) in [6, 6.07) is 11.7. The van der Waals surface area contributed by atoms with Crippen molar-refractivity contribution in [1.82, 2.24) is 16.0 Å². The molecule has 2 aromatic carbocycles. The number of hydrogen-bond donors (Lipinski definition) is 4. The first kappa shape index (κ1) is 33.7. The molecule has 5 N–H and O–H groups in total. The van der Waals surface area contributed by atoms with Gasteiger partial charge in [-0.15, -0.1) is 0 Å². The highest BCUT2D eigenvalue weighted by molar-refractivity contribution is 9.10.